The van der Waals surface area contributed by atoms with Crippen LogP contribution >= 0.6 is 0 Å². The average Bonchev–Trinajstić information content (AvgIpc) is 3.61. The topological polar surface area (TPSA) is 107 Å². The van der Waals surface area contributed by atoms with Gasteiger partial charge in [0.25, 0.3) is 0 Å². The van der Waals surface area contributed by atoms with E-state index in [1.54, 1.807) is 18.9 Å². The summed E-state index contributed by atoms with van der Waals surface area (Å²) < 4.78 is 11.1. The Balaban J connectivity index is 1.23. The van der Waals surface area contributed by atoms with Crippen LogP contribution in [0.3, 0.4) is 0 Å². The Morgan fingerprint density at radius 1 is 1.15 bits per heavy atom. The van der Waals surface area contributed by atoms with Gasteiger partial charge in [0, 0.05) is 42.3 Å². The van der Waals surface area contributed by atoms with Gasteiger partial charge in [0.15, 0.2) is 11.5 Å². The van der Waals surface area contributed by atoms with Crippen LogP contribution in [0.1, 0.15) is 62.7 Å². The van der Waals surface area contributed by atoms with Gasteiger partial charge in [-0.05, 0) is 55.9 Å². The molecule has 2 fully saturated rings. The van der Waals surface area contributed by atoms with Crippen molar-refractivity contribution in [3.63, 3.8) is 0 Å². The standard InChI is InChI=1S/C32H38N4O5/c1-18(37)28-24(35(2)32(39)33-20-7-4-3-5-8-20)16-25-30-23(13-14-36(25)31(28)38)22-10-6-9-21(29(22)34-30)19-11-12-26-27(15-19)41-17-40-26/h6,9-12,15,18,20,24-25,28,34,37H,3-5,7-8,13-14,16-17H2,1-2H3,(H,33,39)/t18-,24-,25-,28-/m0/s1. The van der Waals surface area contributed by atoms with Crippen molar-refractivity contribution >= 4 is 22.8 Å². The van der Waals surface area contributed by atoms with E-state index in [0.29, 0.717) is 13.0 Å². The maximum atomic E-state index is 13.9. The van der Waals surface area contributed by atoms with Gasteiger partial charge in [-0.25, -0.2) is 4.79 Å². The van der Waals surface area contributed by atoms with Gasteiger partial charge in [0.2, 0.25) is 12.7 Å². The minimum Gasteiger partial charge on any atom is -0.454 e. The molecule has 41 heavy (non-hydrogen) atoms. The molecule has 1 saturated carbocycles. The van der Waals surface area contributed by atoms with Gasteiger partial charge in [-0.15, -0.1) is 0 Å². The molecule has 0 spiro atoms. The van der Waals surface area contributed by atoms with Gasteiger partial charge in [0.1, 0.15) is 0 Å². The summed E-state index contributed by atoms with van der Waals surface area (Å²) in [5, 5.41) is 15.1. The SMILES string of the molecule is C[C@H](O)[C@@H]1C(=O)N2CCc3c([nH]c4c(-c5ccc6c(c5)OCO6)cccc34)[C@@H]2C[C@@H]1N(C)C(=O)NC1CCCCC1. The minimum absolute atomic E-state index is 0.0844. The van der Waals surface area contributed by atoms with Crippen molar-refractivity contribution in [1.29, 1.82) is 0 Å². The second kappa shape index (κ2) is 10.3. The van der Waals surface area contributed by atoms with Crippen molar-refractivity contribution in [3.8, 4) is 22.6 Å². The molecule has 9 nitrogen and oxygen atoms in total. The number of urea groups is 1. The number of H-pyrrole nitrogens is 1. The van der Waals surface area contributed by atoms with Crippen molar-refractivity contribution < 1.29 is 24.2 Å². The first-order chi connectivity index (χ1) is 19.9. The normalized spacial score (nSPS) is 24.6. The van der Waals surface area contributed by atoms with E-state index in [9.17, 15) is 14.7 Å². The number of aromatic amines is 1. The number of aromatic nitrogens is 1. The van der Waals surface area contributed by atoms with Crippen molar-refractivity contribution in [2.45, 2.75) is 76.1 Å². The van der Waals surface area contributed by atoms with Gasteiger partial charge >= 0.3 is 6.03 Å². The summed E-state index contributed by atoms with van der Waals surface area (Å²) in [4.78, 5) is 34.6. The van der Waals surface area contributed by atoms with Crippen LogP contribution in [0.5, 0.6) is 11.5 Å². The zero-order chi connectivity index (χ0) is 28.2. The fourth-order valence-electron chi connectivity index (χ4n) is 7.54. The number of piperidine rings is 1. The fraction of sp³-hybridized carbons (Fsp3) is 0.500. The number of hydrogen-bond acceptors (Lipinski definition) is 5. The lowest BCUT2D eigenvalue weighted by Crippen LogP contribution is -2.61. The van der Waals surface area contributed by atoms with Crippen molar-refractivity contribution in [2.75, 3.05) is 20.4 Å². The Hall–Kier alpha value is -3.72. The number of amides is 3. The van der Waals surface area contributed by atoms with Crippen LogP contribution in [0.25, 0.3) is 22.0 Å². The number of fused-ring (bicyclic) bond motifs is 6. The van der Waals surface area contributed by atoms with Crippen molar-refractivity contribution in [1.82, 2.24) is 20.1 Å². The molecule has 1 aliphatic carbocycles. The molecule has 4 heterocycles. The smallest absolute Gasteiger partial charge is 0.317 e. The first-order valence-corrected chi connectivity index (χ1v) is 15.0. The molecule has 7 rings (SSSR count). The van der Waals surface area contributed by atoms with Gasteiger partial charge in [-0.3, -0.25) is 4.79 Å². The minimum atomic E-state index is -0.861. The Morgan fingerprint density at radius 2 is 1.95 bits per heavy atom. The third-order valence-corrected chi connectivity index (χ3v) is 9.69. The predicted molar refractivity (Wildman–Crippen MR) is 155 cm³/mol. The quantitative estimate of drug-likeness (QED) is 0.429. The highest BCUT2D eigenvalue weighted by Crippen LogP contribution is 2.45. The highest BCUT2D eigenvalue weighted by Gasteiger charge is 2.49. The largest absolute Gasteiger partial charge is 0.454 e. The number of carbonyl (C=O) groups is 2. The summed E-state index contributed by atoms with van der Waals surface area (Å²) in [7, 11) is 1.77. The lowest BCUT2D eigenvalue weighted by atomic mass is 9.79. The summed E-state index contributed by atoms with van der Waals surface area (Å²) in [5.41, 5.74) is 5.37. The highest BCUT2D eigenvalue weighted by molar-refractivity contribution is 5.98. The summed E-state index contributed by atoms with van der Waals surface area (Å²) >= 11 is 0. The van der Waals surface area contributed by atoms with Gasteiger partial charge in [0.05, 0.1) is 23.6 Å². The number of carbonyl (C=O) groups excluding carboxylic acids is 2. The molecular weight excluding hydrogens is 520 g/mol. The van der Waals surface area contributed by atoms with E-state index in [-0.39, 0.29) is 30.8 Å². The maximum Gasteiger partial charge on any atom is 0.317 e. The molecule has 216 valence electrons. The van der Waals surface area contributed by atoms with Gasteiger partial charge in [-0.2, -0.15) is 0 Å². The molecule has 4 atom stereocenters. The predicted octanol–water partition coefficient (Wildman–Crippen LogP) is 4.73. The van der Waals surface area contributed by atoms with Crippen molar-refractivity contribution in [2.24, 2.45) is 5.92 Å². The third-order valence-electron chi connectivity index (χ3n) is 9.69. The molecule has 3 aromatic rings. The number of rotatable bonds is 4. The van der Waals surface area contributed by atoms with Gasteiger partial charge in [-0.1, -0.05) is 43.5 Å². The van der Waals surface area contributed by atoms with Crippen LogP contribution in [0, 0.1) is 5.92 Å². The second-order valence-electron chi connectivity index (χ2n) is 12.1. The molecule has 3 amide bonds. The number of ether oxygens (including phenoxy) is 2. The molecule has 4 aliphatic rings. The zero-order valence-electron chi connectivity index (χ0n) is 23.7. The molecule has 3 aliphatic heterocycles. The lowest BCUT2D eigenvalue weighted by molar-refractivity contribution is -0.151. The van der Waals surface area contributed by atoms with E-state index < -0.39 is 18.1 Å². The Bertz CT molecular complexity index is 1490. The van der Waals surface area contributed by atoms with Crippen molar-refractivity contribution in [3.05, 3.63) is 47.7 Å². The summed E-state index contributed by atoms with van der Waals surface area (Å²) in [5.74, 6) is 0.738. The molecule has 2 aromatic carbocycles. The van der Waals surface area contributed by atoms with Gasteiger partial charge < -0.3 is 34.7 Å². The monoisotopic (exact) mass is 558 g/mol. The fourth-order valence-corrected chi connectivity index (χ4v) is 7.54. The highest BCUT2D eigenvalue weighted by atomic mass is 16.7. The average molecular weight is 559 g/mol. The Labute approximate surface area is 239 Å². The lowest BCUT2D eigenvalue weighted by Gasteiger charge is -2.49. The maximum absolute atomic E-state index is 13.9. The number of para-hydroxylation sites is 1. The Kier molecular flexibility index (Phi) is 6.57. The summed E-state index contributed by atoms with van der Waals surface area (Å²) in [6.07, 6.45) is 5.88. The molecular formula is C32H38N4O5. The zero-order valence-corrected chi connectivity index (χ0v) is 23.7. The molecule has 0 unspecified atom stereocenters. The van der Waals surface area contributed by atoms with E-state index in [0.717, 1.165) is 71.3 Å². The van der Waals surface area contributed by atoms with E-state index in [1.165, 1.54) is 12.0 Å². The number of aliphatic hydroxyl groups excluding tert-OH is 1. The number of nitrogens with one attached hydrogen (secondary N) is 2. The molecule has 1 aromatic heterocycles. The first kappa shape index (κ1) is 26.2. The van der Waals surface area contributed by atoms with E-state index in [1.807, 2.05) is 23.1 Å². The molecule has 9 heteroatoms. The third kappa shape index (κ3) is 4.41. The molecule has 3 N–H and O–H groups in total. The van der Waals surface area contributed by atoms with Crippen LogP contribution in [0.15, 0.2) is 36.4 Å². The summed E-state index contributed by atoms with van der Waals surface area (Å²) in [6.45, 7) is 2.48. The van der Waals surface area contributed by atoms with Crippen LogP contribution in [0.2, 0.25) is 0 Å². The van der Waals surface area contributed by atoms with Crippen LogP contribution in [0.4, 0.5) is 4.79 Å². The van der Waals surface area contributed by atoms with Crippen LogP contribution in [-0.4, -0.2) is 70.4 Å². The van der Waals surface area contributed by atoms with E-state index >= 15 is 0 Å². The van der Waals surface area contributed by atoms with Crippen LogP contribution < -0.4 is 14.8 Å². The molecule has 0 bridgehead atoms. The number of nitrogens with zero attached hydrogens (tertiary/aromatic N) is 2. The second-order valence-corrected chi connectivity index (χ2v) is 12.1. The first-order valence-electron chi connectivity index (χ1n) is 15.0. The molecule has 1 saturated heterocycles. The summed E-state index contributed by atoms with van der Waals surface area (Å²) in [6, 6.07) is 11.7. The Morgan fingerprint density at radius 3 is 2.76 bits per heavy atom. The van der Waals surface area contributed by atoms with E-state index in [2.05, 4.69) is 28.5 Å². The molecule has 0 radical (unpaired) electrons. The number of benzene rings is 2. The van der Waals surface area contributed by atoms with E-state index in [4.69, 9.17) is 9.47 Å². The van der Waals surface area contributed by atoms with Crippen LogP contribution in [-0.2, 0) is 11.2 Å². The number of hydrogen-bond donors (Lipinski definition) is 3. The number of aliphatic hydroxyl groups is 1.